The van der Waals surface area contributed by atoms with Crippen molar-refractivity contribution in [1.29, 1.82) is 0 Å². The normalized spacial score (nSPS) is 10.6. The predicted molar refractivity (Wildman–Crippen MR) is 74.3 cm³/mol. The Morgan fingerprint density at radius 2 is 1.85 bits per heavy atom. The molecule has 0 aliphatic rings. The number of nitrogens with zero attached hydrogens (tertiary/aromatic N) is 4. The number of aromatic nitrogens is 4. The van der Waals surface area contributed by atoms with Crippen molar-refractivity contribution in [3.05, 3.63) is 46.5 Å². The summed E-state index contributed by atoms with van der Waals surface area (Å²) in [5.41, 5.74) is 4.97. The Morgan fingerprint density at radius 3 is 2.60 bits per heavy atom. The van der Waals surface area contributed by atoms with E-state index in [-0.39, 0.29) is 32.7 Å². The molecule has 20 heavy (non-hydrogen) atoms. The van der Waals surface area contributed by atoms with Crippen molar-refractivity contribution in [3.8, 4) is 11.1 Å². The van der Waals surface area contributed by atoms with Crippen LogP contribution in [0.2, 0.25) is 5.02 Å². The summed E-state index contributed by atoms with van der Waals surface area (Å²) in [6.07, 6.45) is 4.64. The van der Waals surface area contributed by atoms with Crippen LogP contribution in [0, 0.1) is 27.0 Å². The van der Waals surface area contributed by atoms with Crippen molar-refractivity contribution >= 4 is 17.4 Å². The number of aryl methyl sites for hydroxylation is 3. The summed E-state index contributed by atoms with van der Waals surface area (Å²) >= 11 is 6.34. The molecule has 0 amide bonds. The fourth-order valence-corrected chi connectivity index (χ4v) is 2.32. The molecule has 4 nitrogen and oxygen atoms in total. The van der Waals surface area contributed by atoms with Crippen molar-refractivity contribution < 1.29 is 32.7 Å². The van der Waals surface area contributed by atoms with E-state index in [1.165, 1.54) is 22.0 Å². The molecule has 0 atom stereocenters. The second kappa shape index (κ2) is 5.88. The molecule has 99 valence electrons. The van der Waals surface area contributed by atoms with E-state index in [9.17, 15) is 0 Å². The molecule has 3 aromatic rings. The zero-order valence-corrected chi connectivity index (χ0v) is 15.1. The number of rotatable bonds is 1. The molecule has 3 rings (SSSR count). The van der Waals surface area contributed by atoms with Gasteiger partial charge in [0.25, 0.3) is 0 Å². The summed E-state index contributed by atoms with van der Waals surface area (Å²) < 4.78 is 1.54. The molecule has 0 aliphatic heterocycles. The van der Waals surface area contributed by atoms with Crippen LogP contribution >= 0.6 is 11.6 Å². The summed E-state index contributed by atoms with van der Waals surface area (Å²) in [5.74, 6) is 0.543. The van der Waals surface area contributed by atoms with Gasteiger partial charge < -0.3 is 4.98 Å². The minimum atomic E-state index is 0. The van der Waals surface area contributed by atoms with Gasteiger partial charge >= 0.3 is 0 Å². The van der Waals surface area contributed by atoms with Crippen molar-refractivity contribution in [2.75, 3.05) is 0 Å². The molecular weight excluding hydrogens is 349 g/mol. The Labute approximate surface area is 147 Å². The maximum Gasteiger partial charge on any atom is 0.166 e. The van der Waals surface area contributed by atoms with E-state index in [0.717, 1.165) is 16.8 Å². The summed E-state index contributed by atoms with van der Waals surface area (Å²) in [4.78, 5) is 8.45. The van der Waals surface area contributed by atoms with E-state index in [2.05, 4.69) is 34.3 Å². The minimum Gasteiger partial charge on any atom is -0.314 e. The third-order valence-corrected chi connectivity index (χ3v) is 3.54. The van der Waals surface area contributed by atoms with Crippen LogP contribution in [-0.4, -0.2) is 19.6 Å². The van der Waals surface area contributed by atoms with Crippen molar-refractivity contribution in [3.63, 3.8) is 0 Å². The Morgan fingerprint density at radius 1 is 1.15 bits per heavy atom. The molecule has 1 radical (unpaired) electrons. The predicted octanol–water partition coefficient (Wildman–Crippen LogP) is 3.17. The van der Waals surface area contributed by atoms with Gasteiger partial charge in [-0.2, -0.15) is 5.10 Å². The van der Waals surface area contributed by atoms with Crippen molar-refractivity contribution in [2.45, 2.75) is 20.8 Å². The first-order valence-corrected chi connectivity index (χ1v) is 6.31. The Bertz CT molecular complexity index is 782. The molecule has 0 unspecified atom stereocenters. The number of fused-ring (bicyclic) bond motifs is 1. The standard InChI is InChI=1S/C14H12ClN4.Y/c1-8-4-11(13(15)5-9(8)2)12-6-19-14(16-7-17-19)18-10(12)3;/h4-5,7H,1-3H3;/q-1;. The number of halogens is 1. The molecule has 2 aromatic heterocycles. The average Bonchev–Trinajstić information content (AvgIpc) is 2.80. The van der Waals surface area contributed by atoms with Gasteiger partial charge in [0.05, 0.1) is 0 Å². The molecule has 1 aromatic carbocycles. The van der Waals surface area contributed by atoms with Crippen molar-refractivity contribution in [2.24, 2.45) is 0 Å². The van der Waals surface area contributed by atoms with E-state index in [1.807, 2.05) is 19.9 Å². The second-order valence-electron chi connectivity index (χ2n) is 4.57. The van der Waals surface area contributed by atoms with Crippen LogP contribution < -0.4 is 0 Å². The minimum absolute atomic E-state index is 0. The number of benzene rings is 1. The average molecular weight is 361 g/mol. The second-order valence-corrected chi connectivity index (χ2v) is 4.98. The Hall–Kier alpha value is -0.836. The SMILES string of the molecule is Cc1cc(Cl)c(-c2[c-]n3ncnc3nc2C)cc1C.[Y]. The fourth-order valence-electron chi connectivity index (χ4n) is 2.01. The van der Waals surface area contributed by atoms with E-state index >= 15 is 0 Å². The van der Waals surface area contributed by atoms with Gasteiger partial charge in [-0.3, -0.25) is 4.52 Å². The van der Waals surface area contributed by atoms with Crippen LogP contribution in [0.25, 0.3) is 16.9 Å². The topological polar surface area (TPSA) is 43.1 Å². The molecule has 2 heterocycles. The molecular formula is C14H12ClN4Y-. The smallest absolute Gasteiger partial charge is 0.166 e. The van der Waals surface area contributed by atoms with E-state index in [4.69, 9.17) is 11.6 Å². The molecule has 0 aliphatic carbocycles. The van der Waals surface area contributed by atoms with Gasteiger partial charge in [0.15, 0.2) is 5.78 Å². The first-order valence-electron chi connectivity index (χ1n) is 5.93. The van der Waals surface area contributed by atoms with E-state index in [1.54, 1.807) is 0 Å². The van der Waals surface area contributed by atoms with Crippen LogP contribution in [0.4, 0.5) is 0 Å². The molecule has 0 spiro atoms. The van der Waals surface area contributed by atoms with E-state index < -0.39 is 0 Å². The molecule has 0 N–H and O–H groups in total. The molecule has 0 fully saturated rings. The maximum absolute atomic E-state index is 6.34. The van der Waals surface area contributed by atoms with Crippen LogP contribution in [0.3, 0.4) is 0 Å². The van der Waals surface area contributed by atoms with Gasteiger partial charge in [-0.25, -0.2) is 4.98 Å². The third kappa shape index (κ3) is 2.65. The van der Waals surface area contributed by atoms with Crippen LogP contribution in [-0.2, 0) is 32.7 Å². The summed E-state index contributed by atoms with van der Waals surface area (Å²) in [5, 5.41) is 4.76. The quantitative estimate of drug-likeness (QED) is 0.626. The number of hydrogen-bond acceptors (Lipinski definition) is 3. The number of hydrogen-bond donors (Lipinski definition) is 0. The molecule has 0 saturated heterocycles. The summed E-state index contributed by atoms with van der Waals surface area (Å²) in [6, 6.07) is 4.02. The Balaban J connectivity index is 0.00000147. The van der Waals surface area contributed by atoms with Gasteiger partial charge in [0.2, 0.25) is 0 Å². The summed E-state index contributed by atoms with van der Waals surface area (Å²) in [7, 11) is 0. The van der Waals surface area contributed by atoms with E-state index in [0.29, 0.717) is 10.8 Å². The fraction of sp³-hybridized carbons (Fsp3) is 0.214. The van der Waals surface area contributed by atoms with Crippen LogP contribution in [0.5, 0.6) is 0 Å². The van der Waals surface area contributed by atoms with Gasteiger partial charge in [-0.1, -0.05) is 35.7 Å². The Kier molecular flexibility index (Phi) is 4.57. The zero-order valence-electron chi connectivity index (χ0n) is 11.5. The molecule has 0 saturated carbocycles. The van der Waals surface area contributed by atoms with Crippen LogP contribution in [0.15, 0.2) is 18.5 Å². The summed E-state index contributed by atoms with van der Waals surface area (Å²) in [6.45, 7) is 6.03. The van der Waals surface area contributed by atoms with Gasteiger partial charge in [-0.15, -0.1) is 5.56 Å². The zero-order chi connectivity index (χ0) is 13.6. The van der Waals surface area contributed by atoms with Gasteiger partial charge in [0, 0.05) is 37.7 Å². The third-order valence-electron chi connectivity index (χ3n) is 3.23. The molecule has 6 heteroatoms. The first kappa shape index (κ1) is 15.6. The maximum atomic E-state index is 6.34. The molecule has 0 bridgehead atoms. The first-order chi connectivity index (χ1) is 9.06. The van der Waals surface area contributed by atoms with Gasteiger partial charge in [-0.05, 0) is 37.4 Å². The van der Waals surface area contributed by atoms with Crippen LogP contribution in [0.1, 0.15) is 16.8 Å². The monoisotopic (exact) mass is 360 g/mol. The van der Waals surface area contributed by atoms with Gasteiger partial charge in [0.1, 0.15) is 6.33 Å². The van der Waals surface area contributed by atoms with Crippen molar-refractivity contribution in [1.82, 2.24) is 19.6 Å². The largest absolute Gasteiger partial charge is 0.314 e.